The lowest BCUT2D eigenvalue weighted by molar-refractivity contribution is -0.137. The van der Waals surface area contributed by atoms with Gasteiger partial charge in [0.15, 0.2) is 0 Å². The fourth-order valence-electron chi connectivity index (χ4n) is 1.12. The molecule has 2 nitrogen and oxygen atoms in total. The van der Waals surface area contributed by atoms with Crippen molar-refractivity contribution in [2.75, 3.05) is 6.61 Å². The van der Waals surface area contributed by atoms with Crippen LogP contribution >= 0.6 is 0 Å². The molecule has 0 aromatic heterocycles. The number of hydrogen-bond acceptors (Lipinski definition) is 2. The number of carbonyl (C=O) groups excluding carboxylic acids is 1. The van der Waals surface area contributed by atoms with Gasteiger partial charge in [0.05, 0.1) is 6.61 Å². The lowest BCUT2D eigenvalue weighted by Crippen LogP contribution is -2.03. The highest BCUT2D eigenvalue weighted by atomic mass is 16.5. The highest BCUT2D eigenvalue weighted by molar-refractivity contribution is 5.81. The SMILES string of the molecule is O=C1C=CCCCCCCO1. The third-order valence-corrected chi connectivity index (χ3v) is 1.76. The fourth-order valence-corrected chi connectivity index (χ4v) is 1.12. The lowest BCUT2D eigenvalue weighted by Gasteiger charge is -2.03. The van der Waals surface area contributed by atoms with Gasteiger partial charge in [-0.1, -0.05) is 18.9 Å². The zero-order valence-corrected chi connectivity index (χ0v) is 6.71. The summed E-state index contributed by atoms with van der Waals surface area (Å²) < 4.78 is 4.89. The van der Waals surface area contributed by atoms with Crippen molar-refractivity contribution in [3.8, 4) is 0 Å². The van der Waals surface area contributed by atoms with E-state index in [1.165, 1.54) is 25.3 Å². The zero-order chi connectivity index (χ0) is 7.94. The average Bonchev–Trinajstić information content (AvgIpc) is 2.03. The predicted octanol–water partition coefficient (Wildman–Crippen LogP) is 2.05. The molecule has 0 aliphatic carbocycles. The standard InChI is InChI=1S/C9H14O2/c10-9-7-5-3-1-2-4-6-8-11-9/h5,7H,1-4,6,8H2. The molecule has 0 bridgehead atoms. The molecule has 0 atom stereocenters. The summed E-state index contributed by atoms with van der Waals surface area (Å²) in [4.78, 5) is 10.8. The summed E-state index contributed by atoms with van der Waals surface area (Å²) >= 11 is 0. The maximum atomic E-state index is 10.8. The molecule has 1 aliphatic heterocycles. The molecule has 1 rings (SSSR count). The average molecular weight is 154 g/mol. The Morgan fingerprint density at radius 3 is 2.91 bits per heavy atom. The summed E-state index contributed by atoms with van der Waals surface area (Å²) in [7, 11) is 0. The first-order valence-electron chi connectivity index (χ1n) is 4.23. The summed E-state index contributed by atoms with van der Waals surface area (Å²) in [5, 5.41) is 0. The number of ether oxygens (including phenoxy) is 1. The fraction of sp³-hybridized carbons (Fsp3) is 0.667. The van der Waals surface area contributed by atoms with Gasteiger partial charge in [-0.05, 0) is 19.3 Å². The van der Waals surface area contributed by atoms with Gasteiger partial charge in [0, 0.05) is 6.08 Å². The summed E-state index contributed by atoms with van der Waals surface area (Å²) in [6.07, 6.45) is 9.08. The number of rotatable bonds is 0. The van der Waals surface area contributed by atoms with E-state index in [0.717, 1.165) is 12.8 Å². The van der Waals surface area contributed by atoms with E-state index < -0.39 is 0 Å². The van der Waals surface area contributed by atoms with Crippen molar-refractivity contribution >= 4 is 5.97 Å². The topological polar surface area (TPSA) is 26.3 Å². The van der Waals surface area contributed by atoms with E-state index >= 15 is 0 Å². The van der Waals surface area contributed by atoms with E-state index in [0.29, 0.717) is 6.61 Å². The van der Waals surface area contributed by atoms with Crippen LogP contribution in [-0.2, 0) is 9.53 Å². The number of esters is 1. The molecule has 0 radical (unpaired) electrons. The molecule has 11 heavy (non-hydrogen) atoms. The van der Waals surface area contributed by atoms with Gasteiger partial charge in [-0.25, -0.2) is 4.79 Å². The molecule has 0 unspecified atom stereocenters. The van der Waals surface area contributed by atoms with Crippen molar-refractivity contribution in [2.24, 2.45) is 0 Å². The first-order chi connectivity index (χ1) is 5.39. The maximum Gasteiger partial charge on any atom is 0.330 e. The summed E-state index contributed by atoms with van der Waals surface area (Å²) in [6.45, 7) is 0.586. The van der Waals surface area contributed by atoms with Gasteiger partial charge in [0.1, 0.15) is 0 Å². The van der Waals surface area contributed by atoms with Crippen molar-refractivity contribution < 1.29 is 9.53 Å². The smallest absolute Gasteiger partial charge is 0.330 e. The van der Waals surface area contributed by atoms with Gasteiger partial charge < -0.3 is 4.74 Å². The molecule has 0 N–H and O–H groups in total. The van der Waals surface area contributed by atoms with Crippen LogP contribution in [0.2, 0.25) is 0 Å². The Morgan fingerprint density at radius 1 is 1.18 bits per heavy atom. The molecular weight excluding hydrogens is 140 g/mol. The monoisotopic (exact) mass is 154 g/mol. The summed E-state index contributed by atoms with van der Waals surface area (Å²) in [5.74, 6) is -0.188. The molecule has 0 aromatic carbocycles. The Kier molecular flexibility index (Phi) is 3.73. The van der Waals surface area contributed by atoms with Gasteiger partial charge in [0.25, 0.3) is 0 Å². The molecule has 0 saturated carbocycles. The lowest BCUT2D eigenvalue weighted by atomic mass is 10.1. The Bertz CT molecular complexity index is 150. The molecule has 0 fully saturated rings. The van der Waals surface area contributed by atoms with E-state index in [1.807, 2.05) is 6.08 Å². The molecular formula is C9H14O2. The number of allylic oxidation sites excluding steroid dienone is 1. The second-order valence-corrected chi connectivity index (χ2v) is 2.77. The van der Waals surface area contributed by atoms with Crippen LogP contribution < -0.4 is 0 Å². The first-order valence-corrected chi connectivity index (χ1v) is 4.23. The number of cyclic esters (lactones) is 1. The third-order valence-electron chi connectivity index (χ3n) is 1.76. The Hall–Kier alpha value is -0.790. The molecule has 0 amide bonds. The normalized spacial score (nSPS) is 20.9. The van der Waals surface area contributed by atoms with Crippen LogP contribution in [0.25, 0.3) is 0 Å². The van der Waals surface area contributed by atoms with Crippen LogP contribution in [0.3, 0.4) is 0 Å². The Balaban J connectivity index is 2.32. The third kappa shape index (κ3) is 3.81. The molecule has 62 valence electrons. The maximum absolute atomic E-state index is 10.8. The molecule has 1 aliphatic rings. The molecule has 2 heteroatoms. The molecule has 1 heterocycles. The zero-order valence-electron chi connectivity index (χ0n) is 6.71. The highest BCUT2D eigenvalue weighted by Gasteiger charge is 1.98. The second kappa shape index (κ2) is 4.94. The number of hydrogen-bond donors (Lipinski definition) is 0. The van der Waals surface area contributed by atoms with Crippen LogP contribution in [0.1, 0.15) is 32.1 Å². The van der Waals surface area contributed by atoms with Gasteiger partial charge in [-0.3, -0.25) is 0 Å². The van der Waals surface area contributed by atoms with E-state index in [9.17, 15) is 4.79 Å². The van der Waals surface area contributed by atoms with Crippen LogP contribution in [-0.4, -0.2) is 12.6 Å². The van der Waals surface area contributed by atoms with Crippen LogP contribution in [0.15, 0.2) is 12.2 Å². The number of carbonyl (C=O) groups is 1. The van der Waals surface area contributed by atoms with Crippen molar-refractivity contribution in [3.63, 3.8) is 0 Å². The Labute approximate surface area is 67.2 Å². The van der Waals surface area contributed by atoms with E-state index in [1.54, 1.807) is 0 Å². The van der Waals surface area contributed by atoms with Crippen molar-refractivity contribution in [2.45, 2.75) is 32.1 Å². The summed E-state index contributed by atoms with van der Waals surface area (Å²) in [6, 6.07) is 0. The van der Waals surface area contributed by atoms with Gasteiger partial charge in [-0.15, -0.1) is 0 Å². The van der Waals surface area contributed by atoms with Crippen molar-refractivity contribution in [1.29, 1.82) is 0 Å². The van der Waals surface area contributed by atoms with Crippen LogP contribution in [0.5, 0.6) is 0 Å². The second-order valence-electron chi connectivity index (χ2n) is 2.77. The molecule has 0 spiro atoms. The summed E-state index contributed by atoms with van der Waals surface area (Å²) in [5.41, 5.74) is 0. The molecule has 0 saturated heterocycles. The van der Waals surface area contributed by atoms with Crippen molar-refractivity contribution in [1.82, 2.24) is 0 Å². The van der Waals surface area contributed by atoms with E-state index in [4.69, 9.17) is 4.74 Å². The van der Waals surface area contributed by atoms with Gasteiger partial charge in [-0.2, -0.15) is 0 Å². The van der Waals surface area contributed by atoms with Crippen LogP contribution in [0.4, 0.5) is 0 Å². The predicted molar refractivity (Wildman–Crippen MR) is 43.2 cm³/mol. The first kappa shape index (κ1) is 8.31. The van der Waals surface area contributed by atoms with Gasteiger partial charge >= 0.3 is 5.97 Å². The Morgan fingerprint density at radius 2 is 2.00 bits per heavy atom. The van der Waals surface area contributed by atoms with Crippen molar-refractivity contribution in [3.05, 3.63) is 12.2 Å². The largest absolute Gasteiger partial charge is 0.463 e. The minimum Gasteiger partial charge on any atom is -0.463 e. The van der Waals surface area contributed by atoms with Gasteiger partial charge in [0.2, 0.25) is 0 Å². The van der Waals surface area contributed by atoms with Crippen LogP contribution in [0, 0.1) is 0 Å². The minimum atomic E-state index is -0.188. The highest BCUT2D eigenvalue weighted by Crippen LogP contribution is 2.05. The van der Waals surface area contributed by atoms with E-state index in [-0.39, 0.29) is 5.97 Å². The molecule has 0 aromatic rings. The van der Waals surface area contributed by atoms with E-state index in [2.05, 4.69) is 0 Å². The quantitative estimate of drug-likeness (QED) is 0.499. The minimum absolute atomic E-state index is 0.188.